The Morgan fingerprint density at radius 3 is 2.42 bits per heavy atom. The molecule has 1 amide bonds. The zero-order valence-electron chi connectivity index (χ0n) is 18.0. The fourth-order valence-corrected chi connectivity index (χ4v) is 3.84. The van der Waals surface area contributed by atoms with E-state index in [4.69, 9.17) is 16.3 Å². The summed E-state index contributed by atoms with van der Waals surface area (Å²) in [5.74, 6) is 0.385. The van der Waals surface area contributed by atoms with Gasteiger partial charge in [0.15, 0.2) is 0 Å². The molecular formula is C25H22ClN3O4. The summed E-state index contributed by atoms with van der Waals surface area (Å²) in [6.07, 6.45) is 0. The number of ether oxygens (including phenoxy) is 1. The number of halogens is 1. The second-order valence-electron chi connectivity index (χ2n) is 7.53. The smallest absolute Gasteiger partial charge is 0.332 e. The van der Waals surface area contributed by atoms with E-state index in [9.17, 15) is 14.4 Å². The number of rotatable bonds is 7. The van der Waals surface area contributed by atoms with Crippen molar-refractivity contribution in [2.75, 3.05) is 7.11 Å². The maximum absolute atomic E-state index is 13.3. The minimum atomic E-state index is -0.557. The minimum absolute atomic E-state index is 0.0521. The monoisotopic (exact) mass is 463 g/mol. The Morgan fingerprint density at radius 2 is 1.70 bits per heavy atom. The van der Waals surface area contributed by atoms with Gasteiger partial charge >= 0.3 is 5.69 Å². The van der Waals surface area contributed by atoms with Crippen LogP contribution in [0.3, 0.4) is 0 Å². The van der Waals surface area contributed by atoms with Crippen LogP contribution in [0.2, 0.25) is 5.02 Å². The van der Waals surface area contributed by atoms with Gasteiger partial charge in [0, 0.05) is 11.6 Å². The van der Waals surface area contributed by atoms with Gasteiger partial charge in [0.25, 0.3) is 5.56 Å². The summed E-state index contributed by atoms with van der Waals surface area (Å²) >= 11 is 6.06. The van der Waals surface area contributed by atoms with E-state index in [0.29, 0.717) is 28.0 Å². The van der Waals surface area contributed by atoms with Crippen LogP contribution in [-0.4, -0.2) is 22.2 Å². The van der Waals surface area contributed by atoms with E-state index in [1.165, 1.54) is 4.57 Å². The Labute approximate surface area is 194 Å². The van der Waals surface area contributed by atoms with E-state index in [2.05, 4.69) is 5.32 Å². The van der Waals surface area contributed by atoms with E-state index >= 15 is 0 Å². The van der Waals surface area contributed by atoms with Crippen LogP contribution in [0.15, 0.2) is 82.4 Å². The van der Waals surface area contributed by atoms with Gasteiger partial charge in [-0.15, -0.1) is 0 Å². The van der Waals surface area contributed by atoms with E-state index < -0.39 is 11.2 Å². The van der Waals surface area contributed by atoms with E-state index in [1.54, 1.807) is 55.6 Å². The molecule has 4 rings (SSSR count). The van der Waals surface area contributed by atoms with Crippen molar-refractivity contribution in [3.8, 4) is 5.75 Å². The van der Waals surface area contributed by atoms with Gasteiger partial charge in [0.2, 0.25) is 5.91 Å². The molecule has 8 heteroatoms. The van der Waals surface area contributed by atoms with Crippen molar-refractivity contribution in [2.45, 2.75) is 19.6 Å². The number of nitrogens with one attached hydrogen (secondary N) is 1. The van der Waals surface area contributed by atoms with Crippen molar-refractivity contribution in [3.05, 3.63) is 110 Å². The lowest BCUT2D eigenvalue weighted by atomic mass is 10.2. The SMILES string of the molecule is COc1ccc(CNC(=O)Cn2c(=O)n(Cc3cccc(Cl)c3)c(=O)c3ccccc32)cc1. The summed E-state index contributed by atoms with van der Waals surface area (Å²) < 4.78 is 7.59. The molecule has 1 heterocycles. The standard InChI is InChI=1S/C25H22ClN3O4/c1-33-20-11-9-17(10-12-20)14-27-23(30)16-28-22-8-3-2-7-21(22)24(31)29(25(28)32)15-18-5-4-6-19(26)13-18/h2-13H,14-16H2,1H3,(H,27,30). The number of carbonyl (C=O) groups excluding carboxylic acids is 1. The van der Waals surface area contributed by atoms with E-state index in [1.807, 2.05) is 24.3 Å². The summed E-state index contributed by atoms with van der Waals surface area (Å²) in [4.78, 5) is 39.0. The van der Waals surface area contributed by atoms with Gasteiger partial charge < -0.3 is 10.1 Å². The Balaban J connectivity index is 1.64. The van der Waals surface area contributed by atoms with Gasteiger partial charge in [0.05, 0.1) is 24.6 Å². The third-order valence-corrected chi connectivity index (χ3v) is 5.55. The lowest BCUT2D eigenvalue weighted by Crippen LogP contribution is -2.42. The number of aromatic nitrogens is 2. The number of hydrogen-bond acceptors (Lipinski definition) is 4. The molecule has 0 saturated heterocycles. The molecule has 4 aromatic rings. The van der Waals surface area contributed by atoms with Gasteiger partial charge in [-0.25, -0.2) is 4.79 Å². The van der Waals surface area contributed by atoms with Crippen LogP contribution in [0.4, 0.5) is 0 Å². The maximum Gasteiger partial charge on any atom is 0.332 e. The molecule has 0 fully saturated rings. The van der Waals surface area contributed by atoms with Crippen LogP contribution in [0.1, 0.15) is 11.1 Å². The molecule has 0 radical (unpaired) electrons. The van der Waals surface area contributed by atoms with Crippen LogP contribution in [0.25, 0.3) is 10.9 Å². The molecule has 0 bridgehead atoms. The topological polar surface area (TPSA) is 82.3 Å². The highest BCUT2D eigenvalue weighted by Crippen LogP contribution is 2.13. The number of methoxy groups -OCH3 is 1. The van der Waals surface area contributed by atoms with Crippen molar-refractivity contribution in [3.63, 3.8) is 0 Å². The average Bonchev–Trinajstić information content (AvgIpc) is 2.83. The molecule has 0 saturated carbocycles. The molecule has 168 valence electrons. The highest BCUT2D eigenvalue weighted by atomic mass is 35.5. The molecule has 0 atom stereocenters. The molecule has 0 unspecified atom stereocenters. The van der Waals surface area contributed by atoms with Crippen molar-refractivity contribution in [2.24, 2.45) is 0 Å². The van der Waals surface area contributed by atoms with Gasteiger partial charge in [-0.2, -0.15) is 0 Å². The largest absolute Gasteiger partial charge is 0.497 e. The van der Waals surface area contributed by atoms with Crippen LogP contribution in [-0.2, 0) is 24.4 Å². The summed E-state index contributed by atoms with van der Waals surface area (Å²) in [5, 5.41) is 3.70. The average molecular weight is 464 g/mol. The Kier molecular flexibility index (Phi) is 6.60. The van der Waals surface area contributed by atoms with Gasteiger partial charge in [-0.3, -0.25) is 18.7 Å². The van der Waals surface area contributed by atoms with Crippen LogP contribution < -0.4 is 21.3 Å². The van der Waals surface area contributed by atoms with E-state index in [-0.39, 0.29) is 19.0 Å². The first-order valence-electron chi connectivity index (χ1n) is 10.3. The number of hydrogen-bond donors (Lipinski definition) is 1. The van der Waals surface area contributed by atoms with E-state index in [0.717, 1.165) is 15.9 Å². The zero-order valence-corrected chi connectivity index (χ0v) is 18.7. The molecule has 3 aromatic carbocycles. The quantitative estimate of drug-likeness (QED) is 0.456. The normalized spacial score (nSPS) is 10.8. The van der Waals surface area contributed by atoms with Gasteiger partial charge in [0.1, 0.15) is 12.3 Å². The summed E-state index contributed by atoms with van der Waals surface area (Å²) in [5.41, 5.74) is 1.05. The highest BCUT2D eigenvalue weighted by Gasteiger charge is 2.15. The minimum Gasteiger partial charge on any atom is -0.497 e. The number of nitrogens with zero attached hydrogens (tertiary/aromatic N) is 2. The van der Waals surface area contributed by atoms with Crippen LogP contribution in [0, 0.1) is 0 Å². The molecule has 1 aromatic heterocycles. The predicted octanol–water partition coefficient (Wildman–Crippen LogP) is 3.19. The third kappa shape index (κ3) is 4.99. The van der Waals surface area contributed by atoms with Crippen molar-refractivity contribution in [1.82, 2.24) is 14.5 Å². The first-order valence-corrected chi connectivity index (χ1v) is 10.7. The summed E-state index contributed by atoms with van der Waals surface area (Å²) in [6.45, 7) is 0.138. The predicted molar refractivity (Wildman–Crippen MR) is 128 cm³/mol. The number of carbonyl (C=O) groups is 1. The van der Waals surface area contributed by atoms with Crippen molar-refractivity contribution >= 4 is 28.4 Å². The highest BCUT2D eigenvalue weighted by molar-refractivity contribution is 6.30. The molecule has 0 aliphatic carbocycles. The zero-order chi connectivity index (χ0) is 23.4. The maximum atomic E-state index is 13.3. The molecule has 0 aliphatic heterocycles. The third-order valence-electron chi connectivity index (χ3n) is 5.31. The number of amides is 1. The molecule has 0 spiro atoms. The summed E-state index contributed by atoms with van der Waals surface area (Å²) in [7, 11) is 1.59. The Bertz CT molecular complexity index is 1420. The Hall–Kier alpha value is -3.84. The molecular weight excluding hydrogens is 442 g/mol. The first-order chi connectivity index (χ1) is 16.0. The fourth-order valence-electron chi connectivity index (χ4n) is 3.62. The first kappa shape index (κ1) is 22.4. The summed E-state index contributed by atoms with van der Waals surface area (Å²) in [6, 6.07) is 21.1. The molecule has 7 nitrogen and oxygen atoms in total. The lowest BCUT2D eigenvalue weighted by Gasteiger charge is -2.14. The van der Waals surface area contributed by atoms with Gasteiger partial charge in [-0.1, -0.05) is 48.0 Å². The van der Waals surface area contributed by atoms with Crippen LogP contribution >= 0.6 is 11.6 Å². The molecule has 1 N–H and O–H groups in total. The van der Waals surface area contributed by atoms with Crippen molar-refractivity contribution in [1.29, 1.82) is 0 Å². The number of fused-ring (bicyclic) bond motifs is 1. The van der Waals surface area contributed by atoms with Crippen LogP contribution in [0.5, 0.6) is 5.75 Å². The van der Waals surface area contributed by atoms with Crippen molar-refractivity contribution < 1.29 is 9.53 Å². The second kappa shape index (κ2) is 9.75. The Morgan fingerprint density at radius 1 is 0.939 bits per heavy atom. The number of para-hydroxylation sites is 1. The lowest BCUT2D eigenvalue weighted by molar-refractivity contribution is -0.121. The molecule has 0 aliphatic rings. The fraction of sp³-hybridized carbons (Fsp3) is 0.160. The molecule has 33 heavy (non-hydrogen) atoms. The number of benzene rings is 3. The second-order valence-corrected chi connectivity index (χ2v) is 7.97. The van der Waals surface area contributed by atoms with Gasteiger partial charge in [-0.05, 0) is 47.5 Å².